The fourth-order valence-electron chi connectivity index (χ4n) is 2.86. The number of carbonyl (C=O) groups excluding carboxylic acids is 2. The number of piperazine rings is 1. The van der Waals surface area contributed by atoms with E-state index in [1.807, 2.05) is 0 Å². The Morgan fingerprint density at radius 2 is 1.86 bits per heavy atom. The van der Waals surface area contributed by atoms with Gasteiger partial charge in [-0.1, -0.05) is 6.07 Å². The van der Waals surface area contributed by atoms with Gasteiger partial charge in [-0.15, -0.1) is 11.3 Å². The van der Waals surface area contributed by atoms with Crippen molar-refractivity contribution < 1.29 is 22.4 Å². The summed E-state index contributed by atoms with van der Waals surface area (Å²) in [4.78, 5) is 26.6. The molecule has 0 saturated carbocycles. The Hall–Kier alpha value is -2.30. The molecule has 0 bridgehead atoms. The van der Waals surface area contributed by atoms with Crippen molar-refractivity contribution in [3.63, 3.8) is 0 Å². The molecule has 3 rings (SSSR count). The maximum atomic E-state index is 13.4. The second-order valence-electron chi connectivity index (χ2n) is 6.33. The number of amides is 2. The molecule has 2 heterocycles. The molecule has 0 spiro atoms. The zero-order valence-electron chi connectivity index (χ0n) is 15.2. The predicted octanol–water partition coefficient (Wildman–Crippen LogP) is 1.67. The van der Waals surface area contributed by atoms with E-state index in [-0.39, 0.29) is 42.9 Å². The van der Waals surface area contributed by atoms with Gasteiger partial charge in [-0.3, -0.25) is 9.59 Å². The van der Waals surface area contributed by atoms with Crippen molar-refractivity contribution in [3.8, 4) is 0 Å². The van der Waals surface area contributed by atoms with Crippen molar-refractivity contribution in [2.75, 3.05) is 26.2 Å². The molecule has 1 fully saturated rings. The highest BCUT2D eigenvalue weighted by Gasteiger charge is 2.31. The predicted molar refractivity (Wildman–Crippen MR) is 103 cm³/mol. The summed E-state index contributed by atoms with van der Waals surface area (Å²) in [6.45, 7) is 2.60. The van der Waals surface area contributed by atoms with Crippen molar-refractivity contribution >= 4 is 33.2 Å². The lowest BCUT2D eigenvalue weighted by Crippen LogP contribution is -2.50. The summed E-state index contributed by atoms with van der Waals surface area (Å²) >= 11 is 1.30. The molecule has 1 aliphatic rings. The van der Waals surface area contributed by atoms with Gasteiger partial charge in [-0.05, 0) is 30.3 Å². The van der Waals surface area contributed by atoms with Crippen LogP contribution in [0.1, 0.15) is 21.5 Å². The Kier molecular flexibility index (Phi) is 6.11. The summed E-state index contributed by atoms with van der Waals surface area (Å²) < 4.78 is 39.9. The van der Waals surface area contributed by atoms with Gasteiger partial charge in [0.15, 0.2) is 0 Å². The van der Waals surface area contributed by atoms with Crippen LogP contribution in [0.5, 0.6) is 0 Å². The minimum Gasteiger partial charge on any atom is -0.351 e. The molecular formula is C18H20FN3O4S2. The van der Waals surface area contributed by atoms with Gasteiger partial charge in [-0.2, -0.15) is 4.31 Å². The normalized spacial score (nSPS) is 15.4. The van der Waals surface area contributed by atoms with E-state index in [9.17, 15) is 22.4 Å². The van der Waals surface area contributed by atoms with Crippen molar-refractivity contribution in [1.82, 2.24) is 14.5 Å². The van der Waals surface area contributed by atoms with E-state index in [4.69, 9.17) is 0 Å². The Bertz CT molecular complexity index is 982. The van der Waals surface area contributed by atoms with Gasteiger partial charge in [0.25, 0.3) is 5.91 Å². The van der Waals surface area contributed by atoms with Crippen LogP contribution in [-0.4, -0.2) is 55.6 Å². The van der Waals surface area contributed by atoms with Gasteiger partial charge < -0.3 is 10.2 Å². The molecule has 2 amide bonds. The van der Waals surface area contributed by atoms with E-state index < -0.39 is 15.8 Å². The summed E-state index contributed by atoms with van der Waals surface area (Å²) in [6, 6.07) is 8.40. The number of carbonyl (C=O) groups is 2. The number of nitrogens with zero attached hydrogens (tertiary/aromatic N) is 2. The van der Waals surface area contributed by atoms with Crippen molar-refractivity contribution in [1.29, 1.82) is 0 Å². The highest BCUT2D eigenvalue weighted by molar-refractivity contribution is 7.89. The van der Waals surface area contributed by atoms with Gasteiger partial charge in [0, 0.05) is 38.0 Å². The second-order valence-corrected chi connectivity index (χ2v) is 9.44. The number of rotatable bonds is 5. The average molecular weight is 426 g/mol. The van der Waals surface area contributed by atoms with Crippen LogP contribution in [0.15, 0.2) is 41.3 Å². The first-order chi connectivity index (χ1) is 13.3. The van der Waals surface area contributed by atoms with Crippen LogP contribution >= 0.6 is 11.3 Å². The number of hydrogen-bond acceptors (Lipinski definition) is 5. The van der Waals surface area contributed by atoms with Crippen LogP contribution in [0.4, 0.5) is 4.39 Å². The van der Waals surface area contributed by atoms with E-state index in [0.717, 1.165) is 10.9 Å². The van der Waals surface area contributed by atoms with E-state index >= 15 is 0 Å². The van der Waals surface area contributed by atoms with E-state index in [2.05, 4.69) is 5.32 Å². The zero-order valence-corrected chi connectivity index (χ0v) is 16.9. The lowest BCUT2D eigenvalue weighted by atomic mass is 10.3. The molecule has 1 aromatic carbocycles. The quantitative estimate of drug-likeness (QED) is 0.790. The minimum atomic E-state index is -3.79. The van der Waals surface area contributed by atoms with Crippen LogP contribution in [0.2, 0.25) is 0 Å². The summed E-state index contributed by atoms with van der Waals surface area (Å²) in [6.07, 6.45) is 0. The maximum Gasteiger partial charge on any atom is 0.264 e. The SMILES string of the molecule is CC(=O)NCc1ccc(C(=O)N2CCN(S(=O)(=O)c3cccc(F)c3)CC2)s1. The molecule has 1 N–H and O–H groups in total. The van der Waals surface area contributed by atoms with Crippen LogP contribution in [0, 0.1) is 5.82 Å². The molecule has 0 radical (unpaired) electrons. The van der Waals surface area contributed by atoms with Gasteiger partial charge in [-0.25, -0.2) is 12.8 Å². The second kappa shape index (κ2) is 8.38. The number of hydrogen-bond donors (Lipinski definition) is 1. The summed E-state index contributed by atoms with van der Waals surface area (Å²) in [5.41, 5.74) is 0. The van der Waals surface area contributed by atoms with Crippen LogP contribution < -0.4 is 5.32 Å². The maximum absolute atomic E-state index is 13.4. The van der Waals surface area contributed by atoms with Crippen molar-refractivity contribution in [2.45, 2.75) is 18.4 Å². The molecule has 10 heteroatoms. The third kappa shape index (κ3) is 4.57. The van der Waals surface area contributed by atoms with Crippen molar-refractivity contribution in [2.24, 2.45) is 0 Å². The third-order valence-electron chi connectivity index (χ3n) is 4.34. The standard InChI is InChI=1S/C18H20FN3O4S2/c1-13(23)20-12-15-5-6-17(27-15)18(24)21-7-9-22(10-8-21)28(25,26)16-4-2-3-14(19)11-16/h2-6,11H,7-10,12H2,1H3,(H,20,23). The lowest BCUT2D eigenvalue weighted by Gasteiger charge is -2.33. The average Bonchev–Trinajstić information content (AvgIpc) is 3.15. The Labute approximate surface area is 166 Å². The number of benzene rings is 1. The number of nitrogens with one attached hydrogen (secondary N) is 1. The van der Waals surface area contributed by atoms with Crippen LogP contribution in [0.3, 0.4) is 0 Å². The summed E-state index contributed by atoms with van der Waals surface area (Å²) in [5.74, 6) is -0.915. The first-order valence-electron chi connectivity index (χ1n) is 8.65. The van der Waals surface area contributed by atoms with E-state index in [1.165, 1.54) is 40.8 Å². The largest absolute Gasteiger partial charge is 0.351 e. The van der Waals surface area contributed by atoms with Crippen LogP contribution in [0.25, 0.3) is 0 Å². The zero-order chi connectivity index (χ0) is 20.3. The van der Waals surface area contributed by atoms with E-state index in [0.29, 0.717) is 11.4 Å². The molecule has 0 atom stereocenters. The fourth-order valence-corrected chi connectivity index (χ4v) is 5.23. The molecule has 1 aliphatic heterocycles. The summed E-state index contributed by atoms with van der Waals surface area (Å²) in [5, 5.41) is 2.68. The lowest BCUT2D eigenvalue weighted by molar-refractivity contribution is -0.119. The molecule has 7 nitrogen and oxygen atoms in total. The molecule has 0 aliphatic carbocycles. The molecule has 150 valence electrons. The minimum absolute atomic E-state index is 0.0897. The molecule has 1 aromatic heterocycles. The first kappa shape index (κ1) is 20.4. The Morgan fingerprint density at radius 3 is 2.50 bits per heavy atom. The molecule has 0 unspecified atom stereocenters. The van der Waals surface area contributed by atoms with Gasteiger partial charge >= 0.3 is 0 Å². The molecular weight excluding hydrogens is 405 g/mol. The molecule has 1 saturated heterocycles. The molecule has 28 heavy (non-hydrogen) atoms. The number of thiophene rings is 1. The Morgan fingerprint density at radius 1 is 1.14 bits per heavy atom. The van der Waals surface area contributed by atoms with Crippen molar-refractivity contribution in [3.05, 3.63) is 52.0 Å². The monoisotopic (exact) mass is 425 g/mol. The first-order valence-corrected chi connectivity index (χ1v) is 10.9. The molecule has 2 aromatic rings. The topological polar surface area (TPSA) is 86.8 Å². The smallest absolute Gasteiger partial charge is 0.264 e. The van der Waals surface area contributed by atoms with Gasteiger partial charge in [0.1, 0.15) is 5.82 Å². The third-order valence-corrected chi connectivity index (χ3v) is 7.31. The summed E-state index contributed by atoms with van der Waals surface area (Å²) in [7, 11) is -3.79. The van der Waals surface area contributed by atoms with E-state index in [1.54, 1.807) is 17.0 Å². The Balaban J connectivity index is 1.62. The van der Waals surface area contributed by atoms with Gasteiger partial charge in [0.2, 0.25) is 15.9 Å². The highest BCUT2D eigenvalue weighted by Crippen LogP contribution is 2.22. The van der Waals surface area contributed by atoms with Gasteiger partial charge in [0.05, 0.1) is 16.3 Å². The number of halogens is 1. The number of sulfonamides is 1. The fraction of sp³-hybridized carbons (Fsp3) is 0.333. The van der Waals surface area contributed by atoms with Crippen LogP contribution in [-0.2, 0) is 21.4 Å². The highest BCUT2D eigenvalue weighted by atomic mass is 32.2.